The highest BCUT2D eigenvalue weighted by molar-refractivity contribution is 7.22. The smallest absolute Gasteiger partial charge is 0.323 e. The third-order valence-corrected chi connectivity index (χ3v) is 8.55. The van der Waals surface area contributed by atoms with Crippen molar-refractivity contribution in [1.29, 1.82) is 0 Å². The van der Waals surface area contributed by atoms with Crippen LogP contribution in [-0.2, 0) is 0 Å². The molecule has 0 atom stereocenters. The highest BCUT2D eigenvalue weighted by Gasteiger charge is 2.16. The first-order valence-corrected chi connectivity index (χ1v) is 15.6. The number of rotatable bonds is 11. The lowest BCUT2D eigenvalue weighted by atomic mass is 10.2. The molecule has 234 valence electrons. The Bertz CT molecular complexity index is 1790. The van der Waals surface area contributed by atoms with Gasteiger partial charge in [-0.1, -0.05) is 23.5 Å². The summed E-state index contributed by atoms with van der Waals surface area (Å²) in [6.45, 7) is 6.00. The number of fused-ring (bicyclic) bond motifs is 2. The van der Waals surface area contributed by atoms with Crippen LogP contribution in [-0.4, -0.2) is 91.4 Å². The van der Waals surface area contributed by atoms with Gasteiger partial charge in [0.15, 0.2) is 16.6 Å². The molecular formula is C32H36N8O4S. The Hall–Kier alpha value is -4.72. The van der Waals surface area contributed by atoms with Crippen LogP contribution in [0.15, 0.2) is 60.9 Å². The van der Waals surface area contributed by atoms with Crippen molar-refractivity contribution in [3.05, 3.63) is 60.9 Å². The van der Waals surface area contributed by atoms with Gasteiger partial charge in [0.25, 0.3) is 0 Å². The Balaban J connectivity index is 1.12. The lowest BCUT2D eigenvalue weighted by molar-refractivity contribution is 0.145. The molecule has 0 spiro atoms. The number of para-hydroxylation sites is 2. The average Bonchev–Trinajstić information content (AvgIpc) is 3.45. The van der Waals surface area contributed by atoms with Crippen LogP contribution in [0.2, 0.25) is 0 Å². The minimum atomic E-state index is -0.374. The van der Waals surface area contributed by atoms with Crippen LogP contribution in [0.5, 0.6) is 17.2 Å². The van der Waals surface area contributed by atoms with Gasteiger partial charge in [-0.05, 0) is 49.9 Å². The van der Waals surface area contributed by atoms with Gasteiger partial charge in [0.05, 0.1) is 42.2 Å². The summed E-state index contributed by atoms with van der Waals surface area (Å²) in [7, 11) is 5.36. The molecule has 1 fully saturated rings. The minimum absolute atomic E-state index is 0.374. The molecule has 1 saturated heterocycles. The van der Waals surface area contributed by atoms with Crippen LogP contribution in [0.4, 0.5) is 27.1 Å². The largest absolute Gasteiger partial charge is 0.495 e. The first-order chi connectivity index (χ1) is 22.0. The molecule has 0 bridgehead atoms. The fraction of sp³-hybridized carbons (Fsp3) is 0.312. The third-order valence-electron chi connectivity index (χ3n) is 7.62. The molecule has 0 radical (unpaired) electrons. The van der Waals surface area contributed by atoms with E-state index in [1.165, 1.54) is 17.7 Å². The number of amides is 2. The Morgan fingerprint density at radius 1 is 0.911 bits per heavy atom. The first kappa shape index (κ1) is 30.3. The Kier molecular flexibility index (Phi) is 9.38. The van der Waals surface area contributed by atoms with Gasteiger partial charge in [0.1, 0.15) is 17.9 Å². The zero-order valence-corrected chi connectivity index (χ0v) is 26.3. The van der Waals surface area contributed by atoms with Gasteiger partial charge in [0, 0.05) is 49.9 Å². The molecular weight excluding hydrogens is 592 g/mol. The number of likely N-dealkylation sites (N-methyl/N-ethyl adjacent to an activating group) is 1. The van der Waals surface area contributed by atoms with Gasteiger partial charge < -0.3 is 40.0 Å². The number of carbonyl (C=O) groups is 1. The van der Waals surface area contributed by atoms with Crippen molar-refractivity contribution in [1.82, 2.24) is 24.8 Å². The van der Waals surface area contributed by atoms with Crippen molar-refractivity contribution < 1.29 is 19.0 Å². The van der Waals surface area contributed by atoms with Crippen molar-refractivity contribution in [3.63, 3.8) is 0 Å². The van der Waals surface area contributed by atoms with Crippen LogP contribution in [0.3, 0.4) is 0 Å². The molecule has 2 amide bonds. The fourth-order valence-corrected chi connectivity index (χ4v) is 6.07. The van der Waals surface area contributed by atoms with E-state index in [1.807, 2.05) is 42.5 Å². The van der Waals surface area contributed by atoms with Crippen molar-refractivity contribution in [2.45, 2.75) is 6.42 Å². The second-order valence-electron chi connectivity index (χ2n) is 10.7. The van der Waals surface area contributed by atoms with E-state index in [0.717, 1.165) is 60.3 Å². The maximum Gasteiger partial charge on any atom is 0.323 e. The highest BCUT2D eigenvalue weighted by atomic mass is 32.1. The van der Waals surface area contributed by atoms with E-state index >= 15 is 0 Å². The predicted molar refractivity (Wildman–Crippen MR) is 179 cm³/mol. The predicted octanol–water partition coefficient (Wildman–Crippen LogP) is 5.66. The second kappa shape index (κ2) is 13.9. The number of aromatic nitrogens is 3. The monoisotopic (exact) mass is 628 g/mol. The summed E-state index contributed by atoms with van der Waals surface area (Å²) in [4.78, 5) is 31.2. The van der Waals surface area contributed by atoms with E-state index in [9.17, 15) is 4.79 Å². The molecule has 6 rings (SSSR count). The van der Waals surface area contributed by atoms with E-state index in [2.05, 4.69) is 42.8 Å². The van der Waals surface area contributed by atoms with Gasteiger partial charge in [-0.2, -0.15) is 0 Å². The highest BCUT2D eigenvalue weighted by Crippen LogP contribution is 2.36. The summed E-state index contributed by atoms with van der Waals surface area (Å²) in [5.74, 6) is 2.46. The zero-order valence-electron chi connectivity index (χ0n) is 25.5. The number of ether oxygens (including phenoxy) is 3. The number of hydrogen-bond acceptors (Lipinski definition) is 11. The zero-order chi connectivity index (χ0) is 31.2. The average molecular weight is 629 g/mol. The summed E-state index contributed by atoms with van der Waals surface area (Å²) in [5.41, 5.74) is 2.74. The fourth-order valence-electron chi connectivity index (χ4n) is 5.17. The number of benzene rings is 3. The number of carbonyl (C=O) groups excluding carboxylic acids is 1. The number of urea groups is 1. The van der Waals surface area contributed by atoms with Crippen molar-refractivity contribution in [2.75, 3.05) is 76.5 Å². The Morgan fingerprint density at radius 2 is 1.73 bits per heavy atom. The quantitative estimate of drug-likeness (QED) is 0.158. The lowest BCUT2D eigenvalue weighted by Gasteiger charge is -2.32. The summed E-state index contributed by atoms with van der Waals surface area (Å²) in [6, 6.07) is 16.2. The van der Waals surface area contributed by atoms with E-state index in [1.54, 1.807) is 26.4 Å². The van der Waals surface area contributed by atoms with Crippen molar-refractivity contribution in [3.8, 4) is 17.2 Å². The summed E-state index contributed by atoms with van der Waals surface area (Å²) in [5, 5.41) is 10.5. The van der Waals surface area contributed by atoms with Crippen LogP contribution >= 0.6 is 11.3 Å². The maximum absolute atomic E-state index is 12.6. The third kappa shape index (κ3) is 7.33. The number of nitrogens with zero attached hydrogens (tertiary/aromatic N) is 5. The molecule has 2 aromatic heterocycles. The van der Waals surface area contributed by atoms with Crippen LogP contribution in [0, 0.1) is 0 Å². The Morgan fingerprint density at radius 3 is 2.56 bits per heavy atom. The van der Waals surface area contributed by atoms with Crippen LogP contribution in [0.1, 0.15) is 6.42 Å². The van der Waals surface area contributed by atoms with Gasteiger partial charge >= 0.3 is 6.03 Å². The normalized spacial score (nSPS) is 13.9. The van der Waals surface area contributed by atoms with E-state index in [0.29, 0.717) is 46.2 Å². The van der Waals surface area contributed by atoms with Gasteiger partial charge in [0.2, 0.25) is 0 Å². The second-order valence-corrected chi connectivity index (χ2v) is 11.7. The van der Waals surface area contributed by atoms with Gasteiger partial charge in [-0.25, -0.2) is 19.7 Å². The summed E-state index contributed by atoms with van der Waals surface area (Å²) >= 11 is 1.45. The Labute approximate surface area is 265 Å². The SMILES string of the molecule is COc1ccccc1NC(=O)Nc1ccc2nc(Nc3ncnc4cc(OCCCN5CCN(C)CC5)c(OC)cc34)sc2c1. The molecule has 0 unspecified atom stereocenters. The molecule has 3 heterocycles. The van der Waals surface area contributed by atoms with Gasteiger partial charge in [-0.15, -0.1) is 0 Å². The number of methoxy groups -OCH3 is 2. The summed E-state index contributed by atoms with van der Waals surface area (Å²) < 4.78 is 18.0. The standard InChI is InChI=1S/C32H36N8O4S/c1-39-12-14-40(15-13-39)11-6-16-44-28-19-25-22(18-27(28)43-3)30(34-20-33-25)38-32-37-24-10-9-21(17-29(24)45-32)35-31(41)36-23-7-4-5-8-26(23)42-2/h4-5,7-10,17-20H,6,11-16H2,1-3H3,(H2,35,36,41)(H,33,34,37,38). The molecule has 5 aromatic rings. The molecule has 0 saturated carbocycles. The van der Waals surface area contributed by atoms with E-state index < -0.39 is 0 Å². The van der Waals surface area contributed by atoms with Crippen molar-refractivity contribution >= 4 is 60.8 Å². The lowest BCUT2D eigenvalue weighted by Crippen LogP contribution is -2.44. The van der Waals surface area contributed by atoms with Gasteiger partial charge in [-0.3, -0.25) is 0 Å². The first-order valence-electron chi connectivity index (χ1n) is 14.7. The topological polar surface area (TPSA) is 126 Å². The van der Waals surface area contributed by atoms with E-state index in [-0.39, 0.29) is 6.03 Å². The molecule has 13 heteroatoms. The molecule has 45 heavy (non-hydrogen) atoms. The molecule has 1 aliphatic rings. The number of hydrogen-bond donors (Lipinski definition) is 3. The maximum atomic E-state index is 12.6. The number of thiazole rings is 1. The minimum Gasteiger partial charge on any atom is -0.495 e. The molecule has 3 N–H and O–H groups in total. The molecule has 3 aromatic carbocycles. The van der Waals surface area contributed by atoms with Crippen LogP contribution in [0.25, 0.3) is 21.1 Å². The van der Waals surface area contributed by atoms with E-state index in [4.69, 9.17) is 19.2 Å². The molecule has 0 aliphatic carbocycles. The number of nitrogens with one attached hydrogen (secondary N) is 3. The number of piperazine rings is 1. The molecule has 12 nitrogen and oxygen atoms in total. The summed E-state index contributed by atoms with van der Waals surface area (Å²) in [6.07, 6.45) is 2.45. The molecule has 1 aliphatic heterocycles. The van der Waals surface area contributed by atoms with Crippen molar-refractivity contribution in [2.24, 2.45) is 0 Å². The number of anilines is 4. The van der Waals surface area contributed by atoms with Crippen LogP contribution < -0.4 is 30.2 Å².